The molecule has 1 aromatic carbocycles. The Balaban J connectivity index is 1.84. The lowest BCUT2D eigenvalue weighted by Gasteiger charge is -2.07. The Kier molecular flexibility index (Phi) is 2.74. The summed E-state index contributed by atoms with van der Waals surface area (Å²) in [6.07, 6.45) is -1.92. The van der Waals surface area contributed by atoms with Crippen LogP contribution in [-0.4, -0.2) is 11.5 Å². The van der Waals surface area contributed by atoms with E-state index >= 15 is 0 Å². The third-order valence-corrected chi connectivity index (χ3v) is 4.48. The van der Waals surface area contributed by atoms with E-state index in [9.17, 15) is 13.2 Å². The van der Waals surface area contributed by atoms with Gasteiger partial charge in [0, 0.05) is 6.54 Å². The van der Waals surface area contributed by atoms with Gasteiger partial charge in [-0.05, 0) is 36.5 Å². The molecule has 1 fully saturated rings. The number of anilines is 1. The first kappa shape index (κ1) is 12.7. The molecule has 0 bridgehead atoms. The standard InChI is InChI=1S/C13H13F3N2S/c1-12(4-5-12)7-17-11-18-9-6-8(13(14,15)16)2-3-10(9)19-11/h2-3,6H,4-5,7H2,1H3,(H,17,18). The minimum atomic E-state index is -4.31. The lowest BCUT2D eigenvalue weighted by atomic mass is 10.1. The van der Waals surface area contributed by atoms with Crippen LogP contribution in [0.2, 0.25) is 0 Å². The van der Waals surface area contributed by atoms with Gasteiger partial charge in [-0.15, -0.1) is 0 Å². The summed E-state index contributed by atoms with van der Waals surface area (Å²) in [7, 11) is 0. The van der Waals surface area contributed by atoms with Gasteiger partial charge in [0.25, 0.3) is 0 Å². The van der Waals surface area contributed by atoms with Gasteiger partial charge in [0.1, 0.15) is 0 Å². The molecule has 0 spiro atoms. The highest BCUT2D eigenvalue weighted by molar-refractivity contribution is 7.22. The summed E-state index contributed by atoms with van der Waals surface area (Å²) in [5.41, 5.74) is 0.101. The normalized spacial score (nSPS) is 17.7. The molecule has 0 atom stereocenters. The predicted octanol–water partition coefficient (Wildman–Crippen LogP) is 4.53. The Bertz CT molecular complexity index is 614. The largest absolute Gasteiger partial charge is 0.416 e. The van der Waals surface area contributed by atoms with E-state index in [1.807, 2.05) is 0 Å². The van der Waals surface area contributed by atoms with Gasteiger partial charge in [-0.3, -0.25) is 0 Å². The van der Waals surface area contributed by atoms with Crippen molar-refractivity contribution >= 4 is 26.7 Å². The summed E-state index contributed by atoms with van der Waals surface area (Å²) in [6, 6.07) is 3.70. The smallest absolute Gasteiger partial charge is 0.361 e. The maximum Gasteiger partial charge on any atom is 0.416 e. The number of rotatable bonds is 3. The highest BCUT2D eigenvalue weighted by Crippen LogP contribution is 2.45. The van der Waals surface area contributed by atoms with Crippen LogP contribution < -0.4 is 5.32 Å². The fourth-order valence-corrected chi connectivity index (χ4v) is 2.70. The van der Waals surface area contributed by atoms with Crippen LogP contribution in [0, 0.1) is 5.41 Å². The second-order valence-electron chi connectivity index (χ2n) is 5.36. The Morgan fingerprint density at radius 1 is 1.37 bits per heavy atom. The van der Waals surface area contributed by atoms with Gasteiger partial charge in [-0.25, -0.2) is 4.98 Å². The van der Waals surface area contributed by atoms with Gasteiger partial charge >= 0.3 is 6.18 Å². The van der Waals surface area contributed by atoms with E-state index in [1.54, 1.807) is 0 Å². The van der Waals surface area contributed by atoms with Crippen LogP contribution in [0.15, 0.2) is 18.2 Å². The summed E-state index contributed by atoms with van der Waals surface area (Å²) in [5.74, 6) is 0. The Hall–Kier alpha value is -1.30. The van der Waals surface area contributed by atoms with Crippen LogP contribution >= 0.6 is 11.3 Å². The van der Waals surface area contributed by atoms with E-state index < -0.39 is 11.7 Å². The zero-order valence-electron chi connectivity index (χ0n) is 10.3. The van der Waals surface area contributed by atoms with Crippen LogP contribution in [0.3, 0.4) is 0 Å². The fraction of sp³-hybridized carbons (Fsp3) is 0.462. The minimum absolute atomic E-state index is 0.342. The Labute approximate surface area is 112 Å². The van der Waals surface area contributed by atoms with E-state index in [-0.39, 0.29) is 0 Å². The van der Waals surface area contributed by atoms with Gasteiger partial charge in [0.05, 0.1) is 15.8 Å². The SMILES string of the molecule is CC1(CNc2nc3cc(C(F)(F)F)ccc3s2)CC1. The summed E-state index contributed by atoms with van der Waals surface area (Å²) >= 11 is 1.40. The molecule has 102 valence electrons. The Morgan fingerprint density at radius 2 is 2.11 bits per heavy atom. The van der Waals surface area contributed by atoms with E-state index in [0.29, 0.717) is 16.1 Å². The summed E-state index contributed by atoms with van der Waals surface area (Å²) in [5, 5.41) is 3.92. The number of aromatic nitrogens is 1. The maximum atomic E-state index is 12.6. The van der Waals surface area contributed by atoms with Crippen molar-refractivity contribution in [2.45, 2.75) is 25.9 Å². The van der Waals surface area contributed by atoms with Crippen molar-refractivity contribution in [2.75, 3.05) is 11.9 Å². The van der Waals surface area contributed by atoms with Crippen molar-refractivity contribution in [1.82, 2.24) is 4.98 Å². The van der Waals surface area contributed by atoms with Crippen molar-refractivity contribution in [1.29, 1.82) is 0 Å². The number of nitrogens with one attached hydrogen (secondary N) is 1. The number of hydrogen-bond donors (Lipinski definition) is 1. The molecule has 1 aromatic heterocycles. The van der Waals surface area contributed by atoms with Gasteiger partial charge < -0.3 is 5.32 Å². The monoisotopic (exact) mass is 286 g/mol. The Morgan fingerprint density at radius 3 is 2.74 bits per heavy atom. The van der Waals surface area contributed by atoms with Crippen LogP contribution in [0.5, 0.6) is 0 Å². The molecular weight excluding hydrogens is 273 g/mol. The van der Waals surface area contributed by atoms with Crippen LogP contribution in [0.4, 0.5) is 18.3 Å². The third-order valence-electron chi connectivity index (χ3n) is 3.48. The molecule has 0 unspecified atom stereocenters. The second-order valence-corrected chi connectivity index (χ2v) is 6.39. The zero-order chi connectivity index (χ0) is 13.7. The molecule has 2 nitrogen and oxygen atoms in total. The molecule has 1 aliphatic rings. The molecule has 1 saturated carbocycles. The number of alkyl halides is 3. The quantitative estimate of drug-likeness (QED) is 0.896. The molecule has 19 heavy (non-hydrogen) atoms. The summed E-state index contributed by atoms with van der Waals surface area (Å²) in [4.78, 5) is 4.23. The van der Waals surface area contributed by atoms with Gasteiger partial charge in [-0.1, -0.05) is 18.3 Å². The van der Waals surface area contributed by atoms with Crippen LogP contribution in [0.25, 0.3) is 10.2 Å². The molecule has 1 N–H and O–H groups in total. The molecule has 0 aliphatic heterocycles. The first-order valence-corrected chi connectivity index (χ1v) is 6.89. The van der Waals surface area contributed by atoms with Crippen molar-refractivity contribution in [3.8, 4) is 0 Å². The maximum absolute atomic E-state index is 12.6. The second kappa shape index (κ2) is 4.10. The average Bonchev–Trinajstić information content (AvgIpc) is 2.91. The minimum Gasteiger partial charge on any atom is -0.361 e. The van der Waals surface area contributed by atoms with Gasteiger partial charge in [0.2, 0.25) is 0 Å². The molecule has 6 heteroatoms. The predicted molar refractivity (Wildman–Crippen MR) is 70.5 cm³/mol. The molecule has 2 aromatic rings. The first-order valence-electron chi connectivity index (χ1n) is 6.07. The molecule has 1 heterocycles. The lowest BCUT2D eigenvalue weighted by molar-refractivity contribution is -0.137. The molecule has 3 rings (SSSR count). The van der Waals surface area contributed by atoms with Crippen molar-refractivity contribution in [3.05, 3.63) is 23.8 Å². The topological polar surface area (TPSA) is 24.9 Å². The number of fused-ring (bicyclic) bond motifs is 1. The third kappa shape index (κ3) is 2.68. The van der Waals surface area contributed by atoms with E-state index in [0.717, 1.165) is 23.4 Å². The van der Waals surface area contributed by atoms with E-state index in [4.69, 9.17) is 0 Å². The molecule has 0 saturated heterocycles. The highest BCUT2D eigenvalue weighted by atomic mass is 32.1. The van der Waals surface area contributed by atoms with Crippen molar-refractivity contribution in [2.24, 2.45) is 5.41 Å². The molecule has 0 amide bonds. The molecule has 1 aliphatic carbocycles. The van der Waals surface area contributed by atoms with E-state index in [2.05, 4.69) is 17.2 Å². The average molecular weight is 286 g/mol. The number of benzene rings is 1. The summed E-state index contributed by atoms with van der Waals surface area (Å²) < 4.78 is 38.6. The molecule has 0 radical (unpaired) electrons. The number of thiazole rings is 1. The summed E-state index contributed by atoms with van der Waals surface area (Å²) in [6.45, 7) is 3.02. The fourth-order valence-electron chi connectivity index (χ4n) is 1.86. The number of nitrogens with zero attached hydrogens (tertiary/aromatic N) is 1. The van der Waals surface area contributed by atoms with Crippen LogP contribution in [0.1, 0.15) is 25.3 Å². The first-order chi connectivity index (χ1) is 8.86. The van der Waals surface area contributed by atoms with Gasteiger partial charge in [-0.2, -0.15) is 13.2 Å². The van der Waals surface area contributed by atoms with Crippen LogP contribution in [-0.2, 0) is 6.18 Å². The highest BCUT2D eigenvalue weighted by Gasteiger charge is 2.37. The molecular formula is C13H13F3N2S. The van der Waals surface area contributed by atoms with Crippen molar-refractivity contribution < 1.29 is 13.2 Å². The van der Waals surface area contributed by atoms with Crippen molar-refractivity contribution in [3.63, 3.8) is 0 Å². The lowest BCUT2D eigenvalue weighted by Crippen LogP contribution is -2.11. The number of halogens is 3. The van der Waals surface area contributed by atoms with E-state index in [1.165, 1.54) is 30.2 Å². The van der Waals surface area contributed by atoms with Gasteiger partial charge in [0.15, 0.2) is 5.13 Å². The zero-order valence-corrected chi connectivity index (χ0v) is 11.2. The number of hydrogen-bond acceptors (Lipinski definition) is 3.